The van der Waals surface area contributed by atoms with Crippen LogP contribution in [0, 0.1) is 5.92 Å². The predicted molar refractivity (Wildman–Crippen MR) is 64.0 cm³/mol. The van der Waals surface area contributed by atoms with Crippen molar-refractivity contribution >= 4 is 11.9 Å². The highest BCUT2D eigenvalue weighted by atomic mass is 16.4. The van der Waals surface area contributed by atoms with E-state index in [9.17, 15) is 14.7 Å². The molecule has 3 N–H and O–H groups in total. The quantitative estimate of drug-likeness (QED) is 0.615. The molecule has 6 nitrogen and oxygen atoms in total. The van der Waals surface area contributed by atoms with E-state index in [-0.39, 0.29) is 18.7 Å². The molecule has 0 radical (unpaired) electrons. The Labute approximate surface area is 106 Å². The van der Waals surface area contributed by atoms with Crippen LogP contribution in [-0.2, 0) is 9.59 Å². The minimum atomic E-state index is -1.34. The number of carbonyl (C=O) groups is 2. The van der Waals surface area contributed by atoms with Crippen molar-refractivity contribution in [3.05, 3.63) is 0 Å². The van der Waals surface area contributed by atoms with Gasteiger partial charge in [0.1, 0.15) is 5.60 Å². The van der Waals surface area contributed by atoms with Gasteiger partial charge < -0.3 is 20.4 Å². The molecule has 1 heterocycles. The average molecular weight is 256 g/mol. The van der Waals surface area contributed by atoms with Gasteiger partial charge in [0.25, 0.3) is 5.91 Å². The zero-order valence-corrected chi connectivity index (χ0v) is 10.4. The number of amides is 1. The SMILES string of the molecule is O=C(O)C1CCC(O)(C(=O)N2CCNCC2)CC1. The molecule has 2 rings (SSSR count). The van der Waals surface area contributed by atoms with E-state index in [0.29, 0.717) is 25.9 Å². The van der Waals surface area contributed by atoms with Crippen LogP contribution in [0.1, 0.15) is 25.7 Å². The highest BCUT2D eigenvalue weighted by Gasteiger charge is 2.43. The molecule has 6 heteroatoms. The van der Waals surface area contributed by atoms with Crippen LogP contribution in [0.25, 0.3) is 0 Å². The molecule has 1 amide bonds. The monoisotopic (exact) mass is 256 g/mol. The Hall–Kier alpha value is -1.14. The molecular weight excluding hydrogens is 236 g/mol. The number of hydrogen-bond acceptors (Lipinski definition) is 4. The molecule has 1 aliphatic carbocycles. The molecule has 2 aliphatic rings. The fraction of sp³-hybridized carbons (Fsp3) is 0.833. The van der Waals surface area contributed by atoms with Gasteiger partial charge in [0.05, 0.1) is 5.92 Å². The van der Waals surface area contributed by atoms with E-state index in [0.717, 1.165) is 13.1 Å². The summed E-state index contributed by atoms with van der Waals surface area (Å²) in [4.78, 5) is 24.8. The Kier molecular flexibility index (Phi) is 3.87. The molecule has 1 aliphatic heterocycles. The Morgan fingerprint density at radius 2 is 1.72 bits per heavy atom. The van der Waals surface area contributed by atoms with Crippen molar-refractivity contribution in [2.75, 3.05) is 26.2 Å². The van der Waals surface area contributed by atoms with Gasteiger partial charge in [-0.1, -0.05) is 0 Å². The maximum absolute atomic E-state index is 12.3. The van der Waals surface area contributed by atoms with Gasteiger partial charge in [-0.15, -0.1) is 0 Å². The van der Waals surface area contributed by atoms with E-state index in [2.05, 4.69) is 5.32 Å². The van der Waals surface area contributed by atoms with Gasteiger partial charge >= 0.3 is 5.97 Å². The van der Waals surface area contributed by atoms with Gasteiger partial charge in [-0.05, 0) is 25.7 Å². The molecule has 0 unspecified atom stereocenters. The fourth-order valence-corrected chi connectivity index (χ4v) is 2.72. The van der Waals surface area contributed by atoms with Crippen molar-refractivity contribution in [3.8, 4) is 0 Å². The first-order valence-electron chi connectivity index (χ1n) is 6.48. The van der Waals surface area contributed by atoms with Gasteiger partial charge in [-0.2, -0.15) is 0 Å². The summed E-state index contributed by atoms with van der Waals surface area (Å²) in [7, 11) is 0. The van der Waals surface area contributed by atoms with Crippen LogP contribution in [0.5, 0.6) is 0 Å². The van der Waals surface area contributed by atoms with Crippen LogP contribution >= 0.6 is 0 Å². The number of rotatable bonds is 2. The number of aliphatic carboxylic acids is 1. The highest BCUT2D eigenvalue weighted by Crippen LogP contribution is 2.33. The number of hydrogen-bond donors (Lipinski definition) is 3. The molecule has 0 bridgehead atoms. The molecular formula is C12H20N2O4. The second kappa shape index (κ2) is 5.24. The lowest BCUT2D eigenvalue weighted by Gasteiger charge is -2.38. The van der Waals surface area contributed by atoms with Gasteiger partial charge in [0.2, 0.25) is 0 Å². The van der Waals surface area contributed by atoms with Crippen molar-refractivity contribution in [3.63, 3.8) is 0 Å². The third-order valence-corrected chi connectivity index (χ3v) is 3.96. The van der Waals surface area contributed by atoms with E-state index in [1.165, 1.54) is 0 Å². The summed E-state index contributed by atoms with van der Waals surface area (Å²) in [6, 6.07) is 0. The summed E-state index contributed by atoms with van der Waals surface area (Å²) in [5, 5.41) is 22.5. The number of carboxylic acids is 1. The number of carboxylic acid groups (broad SMARTS) is 1. The van der Waals surface area contributed by atoms with Crippen LogP contribution in [0.4, 0.5) is 0 Å². The fourth-order valence-electron chi connectivity index (χ4n) is 2.72. The number of carbonyl (C=O) groups excluding carboxylic acids is 1. The second-order valence-electron chi connectivity index (χ2n) is 5.19. The second-order valence-corrected chi connectivity index (χ2v) is 5.19. The first-order chi connectivity index (χ1) is 8.53. The minimum absolute atomic E-state index is 0.229. The Morgan fingerprint density at radius 1 is 1.17 bits per heavy atom. The van der Waals surface area contributed by atoms with E-state index in [1.807, 2.05) is 0 Å². The Bertz CT molecular complexity index is 331. The number of piperazine rings is 1. The molecule has 0 atom stereocenters. The van der Waals surface area contributed by atoms with Crippen LogP contribution in [0.3, 0.4) is 0 Å². The van der Waals surface area contributed by atoms with Crippen LogP contribution in [-0.4, -0.2) is 58.8 Å². The standard InChI is InChI=1S/C12H20N2O4/c15-10(16)9-1-3-12(18,4-2-9)11(17)14-7-5-13-6-8-14/h9,13,18H,1-8H2,(H,15,16). The van der Waals surface area contributed by atoms with Crippen molar-refractivity contribution in [2.24, 2.45) is 5.92 Å². The summed E-state index contributed by atoms with van der Waals surface area (Å²) >= 11 is 0. The van der Waals surface area contributed by atoms with Gasteiger partial charge in [0, 0.05) is 26.2 Å². The average Bonchev–Trinajstić information content (AvgIpc) is 2.39. The molecule has 0 aromatic carbocycles. The first kappa shape index (κ1) is 13.3. The van der Waals surface area contributed by atoms with Gasteiger partial charge in [-0.3, -0.25) is 9.59 Å². The Balaban J connectivity index is 1.95. The van der Waals surface area contributed by atoms with Gasteiger partial charge in [0.15, 0.2) is 0 Å². The lowest BCUT2D eigenvalue weighted by atomic mass is 9.78. The van der Waals surface area contributed by atoms with E-state index in [4.69, 9.17) is 5.11 Å². The lowest BCUT2D eigenvalue weighted by molar-refractivity contribution is -0.160. The van der Waals surface area contributed by atoms with Crippen molar-refractivity contribution < 1.29 is 19.8 Å². The molecule has 18 heavy (non-hydrogen) atoms. The van der Waals surface area contributed by atoms with Crippen molar-refractivity contribution in [1.82, 2.24) is 10.2 Å². The van der Waals surface area contributed by atoms with Gasteiger partial charge in [-0.25, -0.2) is 0 Å². The van der Waals surface area contributed by atoms with E-state index < -0.39 is 17.5 Å². The number of aliphatic hydroxyl groups is 1. The molecule has 0 aromatic rings. The summed E-state index contributed by atoms with van der Waals surface area (Å²) in [5.74, 6) is -1.47. The highest BCUT2D eigenvalue weighted by molar-refractivity contribution is 5.85. The number of nitrogens with zero attached hydrogens (tertiary/aromatic N) is 1. The van der Waals surface area contributed by atoms with E-state index >= 15 is 0 Å². The lowest BCUT2D eigenvalue weighted by Crippen LogP contribution is -2.56. The van der Waals surface area contributed by atoms with Crippen molar-refractivity contribution in [1.29, 1.82) is 0 Å². The summed E-state index contributed by atoms with van der Waals surface area (Å²) in [6.07, 6.45) is 1.27. The molecule has 2 fully saturated rings. The van der Waals surface area contributed by atoms with Crippen molar-refractivity contribution in [2.45, 2.75) is 31.3 Å². The molecule has 1 saturated carbocycles. The summed E-state index contributed by atoms with van der Waals surface area (Å²) in [5.41, 5.74) is -1.34. The summed E-state index contributed by atoms with van der Waals surface area (Å²) < 4.78 is 0. The van der Waals surface area contributed by atoms with Crippen LogP contribution in [0.15, 0.2) is 0 Å². The smallest absolute Gasteiger partial charge is 0.306 e. The van der Waals surface area contributed by atoms with Crippen LogP contribution in [0.2, 0.25) is 0 Å². The third-order valence-electron chi connectivity index (χ3n) is 3.96. The van der Waals surface area contributed by atoms with E-state index in [1.54, 1.807) is 4.90 Å². The molecule has 102 valence electrons. The zero-order chi connectivity index (χ0) is 13.2. The molecule has 0 aromatic heterocycles. The maximum Gasteiger partial charge on any atom is 0.306 e. The zero-order valence-electron chi connectivity index (χ0n) is 10.4. The van der Waals surface area contributed by atoms with Crippen LogP contribution < -0.4 is 5.32 Å². The Morgan fingerprint density at radius 3 is 2.22 bits per heavy atom. The number of nitrogens with one attached hydrogen (secondary N) is 1. The topological polar surface area (TPSA) is 89.9 Å². The molecule has 1 saturated heterocycles. The molecule has 0 spiro atoms. The summed E-state index contributed by atoms with van der Waals surface area (Å²) in [6.45, 7) is 2.73. The maximum atomic E-state index is 12.3. The minimum Gasteiger partial charge on any atom is -0.481 e. The largest absolute Gasteiger partial charge is 0.481 e. The first-order valence-corrected chi connectivity index (χ1v) is 6.48. The third kappa shape index (κ3) is 2.64. The predicted octanol–water partition coefficient (Wildman–Crippen LogP) is -0.576. The normalized spacial score (nSPS) is 33.2.